The number of carbonyl (C=O) groups is 1. The molecule has 0 aliphatic rings. The lowest BCUT2D eigenvalue weighted by atomic mass is 10.1. The summed E-state index contributed by atoms with van der Waals surface area (Å²) in [6.45, 7) is 3.62. The van der Waals surface area contributed by atoms with E-state index in [-0.39, 0.29) is 16.8 Å². The van der Waals surface area contributed by atoms with Gasteiger partial charge in [-0.25, -0.2) is 8.42 Å². The molecule has 1 N–H and O–H groups in total. The standard InChI is InChI=1S/C17H18ClNO3S/c1-11-7-8-15(23(3,21)22)10-16(11)17(20)19-12(2)13-5-4-6-14(18)9-13/h4-10,12H,1-3H3,(H,19,20). The molecular weight excluding hydrogens is 334 g/mol. The van der Waals surface area contributed by atoms with E-state index in [1.165, 1.54) is 12.1 Å². The molecule has 0 radical (unpaired) electrons. The normalized spacial score (nSPS) is 12.7. The monoisotopic (exact) mass is 351 g/mol. The highest BCUT2D eigenvalue weighted by atomic mass is 35.5. The van der Waals surface area contributed by atoms with E-state index in [0.29, 0.717) is 16.1 Å². The molecule has 1 atom stereocenters. The largest absolute Gasteiger partial charge is 0.346 e. The minimum Gasteiger partial charge on any atom is -0.346 e. The topological polar surface area (TPSA) is 63.2 Å². The molecule has 1 unspecified atom stereocenters. The minimum atomic E-state index is -3.36. The summed E-state index contributed by atoms with van der Waals surface area (Å²) in [6.07, 6.45) is 1.12. The van der Waals surface area contributed by atoms with Crippen molar-refractivity contribution < 1.29 is 13.2 Å². The van der Waals surface area contributed by atoms with E-state index in [1.807, 2.05) is 19.1 Å². The quantitative estimate of drug-likeness (QED) is 0.916. The van der Waals surface area contributed by atoms with Crippen LogP contribution in [0.15, 0.2) is 47.4 Å². The number of hydrogen-bond acceptors (Lipinski definition) is 3. The summed E-state index contributed by atoms with van der Waals surface area (Å²) in [5.74, 6) is -0.319. The van der Waals surface area contributed by atoms with Crippen LogP contribution in [0.25, 0.3) is 0 Å². The summed E-state index contributed by atoms with van der Waals surface area (Å²) >= 11 is 5.96. The van der Waals surface area contributed by atoms with Crippen molar-refractivity contribution in [2.45, 2.75) is 24.8 Å². The van der Waals surface area contributed by atoms with Gasteiger partial charge in [0.2, 0.25) is 0 Å². The Balaban J connectivity index is 2.27. The number of halogens is 1. The Morgan fingerprint density at radius 3 is 2.48 bits per heavy atom. The van der Waals surface area contributed by atoms with Crippen LogP contribution < -0.4 is 5.32 Å². The average Bonchev–Trinajstić information content (AvgIpc) is 2.46. The first kappa shape index (κ1) is 17.5. The maximum atomic E-state index is 12.5. The Morgan fingerprint density at radius 2 is 1.87 bits per heavy atom. The molecule has 0 saturated heterocycles. The minimum absolute atomic E-state index is 0.128. The van der Waals surface area contributed by atoms with Crippen molar-refractivity contribution in [3.8, 4) is 0 Å². The molecule has 0 fully saturated rings. The van der Waals surface area contributed by atoms with E-state index >= 15 is 0 Å². The number of rotatable bonds is 4. The number of nitrogens with one attached hydrogen (secondary N) is 1. The van der Waals surface area contributed by atoms with Crippen LogP contribution in [0.1, 0.15) is 34.5 Å². The van der Waals surface area contributed by atoms with Crippen LogP contribution >= 0.6 is 11.6 Å². The second-order valence-corrected chi connectivity index (χ2v) is 7.95. The SMILES string of the molecule is Cc1ccc(S(C)(=O)=O)cc1C(=O)NC(C)c1cccc(Cl)c1. The summed E-state index contributed by atoms with van der Waals surface area (Å²) < 4.78 is 23.3. The molecule has 6 heteroatoms. The number of benzene rings is 2. The first-order valence-electron chi connectivity index (χ1n) is 7.05. The Labute approximate surface area is 141 Å². The number of sulfone groups is 1. The highest BCUT2D eigenvalue weighted by Gasteiger charge is 2.16. The molecule has 122 valence electrons. The molecule has 0 aliphatic carbocycles. The van der Waals surface area contributed by atoms with Crippen LogP contribution in [-0.2, 0) is 9.84 Å². The molecule has 2 rings (SSSR count). The van der Waals surface area contributed by atoms with Gasteiger partial charge in [0, 0.05) is 16.8 Å². The molecular formula is C17H18ClNO3S. The van der Waals surface area contributed by atoms with E-state index in [4.69, 9.17) is 11.6 Å². The Kier molecular flexibility index (Phi) is 5.12. The molecule has 23 heavy (non-hydrogen) atoms. The maximum absolute atomic E-state index is 12.5. The Hall–Kier alpha value is -1.85. The van der Waals surface area contributed by atoms with Crippen molar-refractivity contribution >= 4 is 27.3 Å². The van der Waals surface area contributed by atoms with Gasteiger partial charge < -0.3 is 5.32 Å². The van der Waals surface area contributed by atoms with Crippen molar-refractivity contribution in [2.24, 2.45) is 0 Å². The zero-order valence-electron chi connectivity index (χ0n) is 13.1. The van der Waals surface area contributed by atoms with Crippen LogP contribution in [0, 0.1) is 6.92 Å². The fourth-order valence-corrected chi connectivity index (χ4v) is 3.06. The van der Waals surface area contributed by atoms with Gasteiger partial charge in [0.15, 0.2) is 9.84 Å². The number of aryl methyl sites for hydroxylation is 1. The molecule has 0 heterocycles. The van der Waals surface area contributed by atoms with E-state index in [9.17, 15) is 13.2 Å². The van der Waals surface area contributed by atoms with E-state index < -0.39 is 9.84 Å². The molecule has 0 spiro atoms. The fraction of sp³-hybridized carbons (Fsp3) is 0.235. The highest BCUT2D eigenvalue weighted by Crippen LogP contribution is 2.20. The number of amides is 1. The molecule has 2 aromatic rings. The second-order valence-electron chi connectivity index (χ2n) is 5.50. The van der Waals surface area contributed by atoms with Gasteiger partial charge in [-0.15, -0.1) is 0 Å². The van der Waals surface area contributed by atoms with Crippen molar-refractivity contribution in [1.82, 2.24) is 5.32 Å². The Morgan fingerprint density at radius 1 is 1.17 bits per heavy atom. The lowest BCUT2D eigenvalue weighted by Gasteiger charge is -2.16. The van der Waals surface area contributed by atoms with Crippen LogP contribution in [0.4, 0.5) is 0 Å². The van der Waals surface area contributed by atoms with Crippen molar-refractivity contribution in [3.63, 3.8) is 0 Å². The molecule has 0 aliphatic heterocycles. The third-order valence-electron chi connectivity index (χ3n) is 3.58. The summed E-state index contributed by atoms with van der Waals surface area (Å²) in [4.78, 5) is 12.6. The summed E-state index contributed by atoms with van der Waals surface area (Å²) in [6, 6.07) is 11.5. The van der Waals surface area contributed by atoms with Crippen molar-refractivity contribution in [2.75, 3.05) is 6.26 Å². The molecule has 0 saturated carbocycles. The van der Waals surface area contributed by atoms with Gasteiger partial charge in [0.25, 0.3) is 5.91 Å². The van der Waals surface area contributed by atoms with Crippen molar-refractivity contribution in [3.05, 3.63) is 64.2 Å². The number of hydrogen-bond donors (Lipinski definition) is 1. The van der Waals surface area contributed by atoms with Gasteiger partial charge in [-0.05, 0) is 49.2 Å². The van der Waals surface area contributed by atoms with Gasteiger partial charge in [0.1, 0.15) is 0 Å². The van der Waals surface area contributed by atoms with Gasteiger partial charge >= 0.3 is 0 Å². The van der Waals surface area contributed by atoms with E-state index in [0.717, 1.165) is 11.8 Å². The lowest BCUT2D eigenvalue weighted by molar-refractivity contribution is 0.0939. The van der Waals surface area contributed by atoms with Crippen LogP contribution in [-0.4, -0.2) is 20.6 Å². The zero-order valence-corrected chi connectivity index (χ0v) is 14.7. The predicted molar refractivity (Wildman–Crippen MR) is 91.6 cm³/mol. The molecule has 1 amide bonds. The summed E-state index contributed by atoms with van der Waals surface area (Å²) in [5.41, 5.74) is 1.94. The smallest absolute Gasteiger partial charge is 0.252 e. The zero-order chi connectivity index (χ0) is 17.2. The molecule has 2 aromatic carbocycles. The maximum Gasteiger partial charge on any atom is 0.252 e. The molecule has 0 bridgehead atoms. The van der Waals surface area contributed by atoms with Gasteiger partial charge in [-0.3, -0.25) is 4.79 Å². The first-order valence-corrected chi connectivity index (χ1v) is 9.32. The van der Waals surface area contributed by atoms with Crippen LogP contribution in [0.2, 0.25) is 5.02 Å². The fourth-order valence-electron chi connectivity index (χ4n) is 2.21. The predicted octanol–water partition coefficient (Wildman–Crippen LogP) is 3.54. The van der Waals surface area contributed by atoms with Gasteiger partial charge in [-0.2, -0.15) is 0 Å². The van der Waals surface area contributed by atoms with E-state index in [1.54, 1.807) is 25.1 Å². The van der Waals surface area contributed by atoms with E-state index in [2.05, 4.69) is 5.32 Å². The molecule has 0 aromatic heterocycles. The third kappa shape index (κ3) is 4.33. The highest BCUT2D eigenvalue weighted by molar-refractivity contribution is 7.90. The number of carbonyl (C=O) groups excluding carboxylic acids is 1. The van der Waals surface area contributed by atoms with Gasteiger partial charge in [0.05, 0.1) is 10.9 Å². The average molecular weight is 352 g/mol. The van der Waals surface area contributed by atoms with Crippen molar-refractivity contribution in [1.29, 1.82) is 0 Å². The first-order chi connectivity index (χ1) is 10.7. The third-order valence-corrected chi connectivity index (χ3v) is 4.92. The molecule has 4 nitrogen and oxygen atoms in total. The van der Waals surface area contributed by atoms with Crippen LogP contribution in [0.3, 0.4) is 0 Å². The van der Waals surface area contributed by atoms with Crippen LogP contribution in [0.5, 0.6) is 0 Å². The second kappa shape index (κ2) is 6.72. The lowest BCUT2D eigenvalue weighted by Crippen LogP contribution is -2.27. The summed E-state index contributed by atoms with van der Waals surface area (Å²) in [5, 5.41) is 3.46. The van der Waals surface area contributed by atoms with Gasteiger partial charge in [-0.1, -0.05) is 29.8 Å². The summed E-state index contributed by atoms with van der Waals surface area (Å²) in [7, 11) is -3.36. The Bertz CT molecular complexity index is 847.